The Morgan fingerprint density at radius 3 is 2.59 bits per heavy atom. The third-order valence-corrected chi connectivity index (χ3v) is 6.67. The highest BCUT2D eigenvalue weighted by Crippen LogP contribution is 2.34. The molecule has 2 aromatic carbocycles. The molecular formula is C24H21ClN4O4S. The summed E-state index contributed by atoms with van der Waals surface area (Å²) in [6, 6.07) is 17.7. The van der Waals surface area contributed by atoms with Crippen LogP contribution in [0, 0.1) is 0 Å². The number of hydrogen-bond donors (Lipinski definition) is 0. The Labute approximate surface area is 201 Å². The van der Waals surface area contributed by atoms with Crippen molar-refractivity contribution in [2.24, 2.45) is 5.10 Å². The van der Waals surface area contributed by atoms with Crippen molar-refractivity contribution in [3.8, 4) is 0 Å². The third-order valence-electron chi connectivity index (χ3n) is 5.63. The number of halogens is 1. The first kappa shape index (κ1) is 22.4. The van der Waals surface area contributed by atoms with Gasteiger partial charge in [-0.25, -0.2) is 18.4 Å². The number of hydrogen-bond acceptors (Lipinski definition) is 6. The van der Waals surface area contributed by atoms with Crippen molar-refractivity contribution in [2.45, 2.75) is 24.8 Å². The molecule has 0 bridgehead atoms. The van der Waals surface area contributed by atoms with E-state index in [4.69, 9.17) is 16.0 Å². The van der Waals surface area contributed by atoms with Crippen LogP contribution in [0.3, 0.4) is 0 Å². The first-order valence-corrected chi connectivity index (χ1v) is 13.0. The van der Waals surface area contributed by atoms with Gasteiger partial charge in [0.15, 0.2) is 9.84 Å². The SMILES string of the molecule is CS(=O)(=O)Cc1nc2ccccc2n1CC(=O)N1N=C(c2ccc(Cl)cc2)C[C@@H]1c1ccco1. The van der Waals surface area contributed by atoms with E-state index in [-0.39, 0.29) is 18.2 Å². The number of amides is 1. The lowest BCUT2D eigenvalue weighted by Gasteiger charge is -2.20. The molecule has 0 unspecified atom stereocenters. The molecule has 2 aromatic heterocycles. The Balaban J connectivity index is 1.52. The van der Waals surface area contributed by atoms with Crippen molar-refractivity contribution in [3.63, 3.8) is 0 Å². The van der Waals surface area contributed by atoms with Crippen molar-refractivity contribution in [1.29, 1.82) is 0 Å². The number of carbonyl (C=O) groups excluding carboxylic acids is 1. The molecular weight excluding hydrogens is 476 g/mol. The molecule has 1 atom stereocenters. The number of nitrogens with zero attached hydrogens (tertiary/aromatic N) is 4. The first-order chi connectivity index (χ1) is 16.3. The van der Waals surface area contributed by atoms with E-state index in [1.165, 1.54) is 5.01 Å². The fourth-order valence-corrected chi connectivity index (χ4v) is 4.93. The fourth-order valence-electron chi connectivity index (χ4n) is 4.11. The highest BCUT2D eigenvalue weighted by Gasteiger charge is 2.35. The number of imidazole rings is 1. The van der Waals surface area contributed by atoms with Crippen LogP contribution in [0.25, 0.3) is 11.0 Å². The fraction of sp³-hybridized carbons (Fsp3) is 0.208. The molecule has 0 fully saturated rings. The predicted molar refractivity (Wildman–Crippen MR) is 129 cm³/mol. The van der Waals surface area contributed by atoms with Crippen LogP contribution in [-0.2, 0) is 26.9 Å². The summed E-state index contributed by atoms with van der Waals surface area (Å²) < 4.78 is 31.3. The number of fused-ring (bicyclic) bond motifs is 1. The molecule has 8 nitrogen and oxygen atoms in total. The highest BCUT2D eigenvalue weighted by atomic mass is 35.5. The second kappa shape index (κ2) is 8.73. The Bertz CT molecular complexity index is 1490. The summed E-state index contributed by atoms with van der Waals surface area (Å²) in [4.78, 5) is 18.0. The number of para-hydroxylation sites is 2. The molecule has 1 amide bonds. The molecule has 3 heterocycles. The van der Waals surface area contributed by atoms with Crippen LogP contribution in [0.1, 0.15) is 29.6 Å². The molecule has 5 rings (SSSR count). The van der Waals surface area contributed by atoms with Crippen LogP contribution in [0.5, 0.6) is 0 Å². The van der Waals surface area contributed by atoms with Gasteiger partial charge in [0, 0.05) is 17.7 Å². The lowest BCUT2D eigenvalue weighted by Crippen LogP contribution is -2.31. The Kier molecular flexibility index (Phi) is 5.75. The van der Waals surface area contributed by atoms with Crippen LogP contribution in [0.2, 0.25) is 5.02 Å². The van der Waals surface area contributed by atoms with Crippen LogP contribution in [0.4, 0.5) is 0 Å². The van der Waals surface area contributed by atoms with Gasteiger partial charge in [-0.3, -0.25) is 4.79 Å². The zero-order valence-corrected chi connectivity index (χ0v) is 19.8. The predicted octanol–water partition coefficient (Wildman–Crippen LogP) is 4.21. The van der Waals surface area contributed by atoms with Crippen molar-refractivity contribution < 1.29 is 17.6 Å². The first-order valence-electron chi connectivity index (χ1n) is 10.6. The summed E-state index contributed by atoms with van der Waals surface area (Å²) in [5.41, 5.74) is 2.91. The van der Waals surface area contributed by atoms with E-state index in [1.807, 2.05) is 36.4 Å². The number of benzene rings is 2. The maximum Gasteiger partial charge on any atom is 0.263 e. The average molecular weight is 497 g/mol. The smallest absolute Gasteiger partial charge is 0.263 e. The van der Waals surface area contributed by atoms with Gasteiger partial charge in [0.1, 0.15) is 29.9 Å². The lowest BCUT2D eigenvalue weighted by molar-refractivity contribution is -0.134. The molecule has 1 aliphatic heterocycles. The Hall–Kier alpha value is -3.43. The Morgan fingerprint density at radius 2 is 1.88 bits per heavy atom. The molecule has 0 saturated heterocycles. The summed E-state index contributed by atoms with van der Waals surface area (Å²) in [5, 5.41) is 6.67. The lowest BCUT2D eigenvalue weighted by atomic mass is 10.0. The van der Waals surface area contributed by atoms with E-state index < -0.39 is 15.9 Å². The molecule has 1 aliphatic rings. The van der Waals surface area contributed by atoms with Crippen molar-refractivity contribution >= 4 is 44.1 Å². The largest absolute Gasteiger partial charge is 0.467 e. The van der Waals surface area contributed by atoms with Crippen molar-refractivity contribution in [2.75, 3.05) is 6.26 Å². The van der Waals surface area contributed by atoms with Gasteiger partial charge in [-0.15, -0.1) is 0 Å². The summed E-state index contributed by atoms with van der Waals surface area (Å²) in [7, 11) is -3.36. The average Bonchev–Trinajstić information content (AvgIpc) is 3.52. The molecule has 0 aliphatic carbocycles. The number of rotatable bonds is 6. The van der Waals surface area contributed by atoms with Gasteiger partial charge in [-0.2, -0.15) is 5.10 Å². The van der Waals surface area contributed by atoms with Crippen LogP contribution in [0.15, 0.2) is 76.4 Å². The molecule has 0 spiro atoms. The minimum Gasteiger partial charge on any atom is -0.467 e. The van der Waals surface area contributed by atoms with E-state index in [2.05, 4.69) is 10.1 Å². The summed E-state index contributed by atoms with van der Waals surface area (Å²) in [6.07, 6.45) is 3.18. The molecule has 0 N–H and O–H groups in total. The number of hydrazone groups is 1. The van der Waals surface area contributed by atoms with Crippen LogP contribution < -0.4 is 0 Å². The minimum absolute atomic E-state index is 0.111. The zero-order valence-electron chi connectivity index (χ0n) is 18.3. The van der Waals surface area contributed by atoms with Gasteiger partial charge in [-0.05, 0) is 42.0 Å². The van der Waals surface area contributed by atoms with Gasteiger partial charge >= 0.3 is 0 Å². The number of sulfone groups is 1. The Morgan fingerprint density at radius 1 is 1.12 bits per heavy atom. The molecule has 10 heteroatoms. The van der Waals surface area contributed by atoms with Gasteiger partial charge in [0.25, 0.3) is 5.91 Å². The van der Waals surface area contributed by atoms with E-state index in [1.54, 1.807) is 35.1 Å². The zero-order chi connectivity index (χ0) is 23.9. The minimum atomic E-state index is -3.36. The van der Waals surface area contributed by atoms with E-state index >= 15 is 0 Å². The number of carbonyl (C=O) groups is 1. The van der Waals surface area contributed by atoms with Gasteiger partial charge in [0.2, 0.25) is 0 Å². The highest BCUT2D eigenvalue weighted by molar-refractivity contribution is 7.89. The molecule has 34 heavy (non-hydrogen) atoms. The normalized spacial score (nSPS) is 16.2. The standard InChI is InChI=1S/C24H21ClN4O4S/c1-34(31,32)15-23-26-18-5-2-3-6-20(18)28(23)14-24(30)29-21(22-7-4-12-33-22)13-19(27-29)16-8-10-17(25)11-9-16/h2-12,21H,13-15H2,1H3/t21-/m1/s1. The van der Waals surface area contributed by atoms with E-state index in [0.717, 1.165) is 17.5 Å². The number of aromatic nitrogens is 2. The van der Waals surface area contributed by atoms with Crippen LogP contribution in [-0.4, -0.2) is 40.9 Å². The van der Waals surface area contributed by atoms with Gasteiger partial charge < -0.3 is 8.98 Å². The maximum absolute atomic E-state index is 13.6. The second-order valence-electron chi connectivity index (χ2n) is 8.20. The van der Waals surface area contributed by atoms with E-state index in [0.29, 0.717) is 34.1 Å². The summed E-state index contributed by atoms with van der Waals surface area (Å²) >= 11 is 6.02. The van der Waals surface area contributed by atoms with Gasteiger partial charge in [0.05, 0.1) is 23.0 Å². The monoisotopic (exact) mass is 496 g/mol. The number of furan rings is 1. The maximum atomic E-state index is 13.6. The van der Waals surface area contributed by atoms with E-state index in [9.17, 15) is 13.2 Å². The quantitative estimate of drug-likeness (QED) is 0.398. The van der Waals surface area contributed by atoms with Gasteiger partial charge in [-0.1, -0.05) is 35.9 Å². The molecule has 0 saturated carbocycles. The molecule has 0 radical (unpaired) electrons. The van der Waals surface area contributed by atoms with Crippen molar-refractivity contribution in [3.05, 3.63) is 89.1 Å². The summed E-state index contributed by atoms with van der Waals surface area (Å²) in [6.45, 7) is -0.111. The summed E-state index contributed by atoms with van der Waals surface area (Å²) in [5.74, 6) is 0.361. The second-order valence-corrected chi connectivity index (χ2v) is 10.8. The molecule has 4 aromatic rings. The van der Waals surface area contributed by atoms with Crippen LogP contribution >= 0.6 is 11.6 Å². The van der Waals surface area contributed by atoms with Crippen molar-refractivity contribution in [1.82, 2.24) is 14.6 Å². The molecule has 174 valence electrons. The third kappa shape index (κ3) is 4.49. The topological polar surface area (TPSA) is 97.8 Å².